The molecule has 3 rings (SSSR count). The smallest absolute Gasteiger partial charge is 0.0843 e. The van der Waals surface area contributed by atoms with Crippen LogP contribution in [-0.4, -0.2) is 41.7 Å². The fourth-order valence-corrected chi connectivity index (χ4v) is 6.43. The third-order valence-electron chi connectivity index (χ3n) is 4.56. The van der Waals surface area contributed by atoms with Gasteiger partial charge in [0.15, 0.2) is 0 Å². The second-order valence-corrected chi connectivity index (χ2v) is 8.62. The normalized spacial score (nSPS) is 30.7. The third kappa shape index (κ3) is 3.61. The molecule has 1 fully saturated rings. The molecule has 0 spiro atoms. The number of hydrogen-bond acceptors (Lipinski definition) is 4. The summed E-state index contributed by atoms with van der Waals surface area (Å²) < 4.78 is 6.11. The molecule has 1 saturated heterocycles. The van der Waals surface area contributed by atoms with Crippen LogP contribution in [0, 0.1) is 0 Å². The number of rotatable bonds is 4. The SMILES string of the molecule is CNC(CC1OCCc2ccccc21)C1SCCSC1C. The quantitative estimate of drug-likeness (QED) is 0.915. The number of thioether (sulfide) groups is 2. The van der Waals surface area contributed by atoms with Crippen molar-refractivity contribution in [1.82, 2.24) is 5.32 Å². The minimum Gasteiger partial charge on any atom is -0.373 e. The Labute approximate surface area is 136 Å². The Hall–Kier alpha value is -0.160. The molecule has 4 atom stereocenters. The highest BCUT2D eigenvalue weighted by Crippen LogP contribution is 2.37. The molecule has 0 amide bonds. The van der Waals surface area contributed by atoms with Crippen molar-refractivity contribution in [2.75, 3.05) is 25.2 Å². The lowest BCUT2D eigenvalue weighted by atomic mass is 9.92. The lowest BCUT2D eigenvalue weighted by molar-refractivity contribution is 0.0298. The van der Waals surface area contributed by atoms with Gasteiger partial charge >= 0.3 is 0 Å². The van der Waals surface area contributed by atoms with Crippen LogP contribution in [0.3, 0.4) is 0 Å². The molecule has 1 aromatic rings. The summed E-state index contributed by atoms with van der Waals surface area (Å²) in [6.07, 6.45) is 2.39. The summed E-state index contributed by atoms with van der Waals surface area (Å²) in [5.41, 5.74) is 2.88. The third-order valence-corrected chi connectivity index (χ3v) is 7.82. The van der Waals surface area contributed by atoms with Gasteiger partial charge in [0.25, 0.3) is 0 Å². The number of fused-ring (bicyclic) bond motifs is 1. The van der Waals surface area contributed by atoms with Crippen molar-refractivity contribution in [3.8, 4) is 0 Å². The lowest BCUT2D eigenvalue weighted by Gasteiger charge is -2.37. The van der Waals surface area contributed by atoms with Gasteiger partial charge in [0, 0.05) is 28.0 Å². The van der Waals surface area contributed by atoms with Gasteiger partial charge in [0.1, 0.15) is 0 Å². The average molecular weight is 324 g/mol. The Morgan fingerprint density at radius 2 is 2.10 bits per heavy atom. The van der Waals surface area contributed by atoms with E-state index in [1.807, 2.05) is 0 Å². The van der Waals surface area contributed by atoms with Crippen molar-refractivity contribution in [2.45, 2.75) is 42.4 Å². The maximum absolute atomic E-state index is 6.11. The van der Waals surface area contributed by atoms with E-state index in [1.165, 1.54) is 22.6 Å². The van der Waals surface area contributed by atoms with E-state index < -0.39 is 0 Å². The van der Waals surface area contributed by atoms with Crippen molar-refractivity contribution in [1.29, 1.82) is 0 Å². The molecular weight excluding hydrogens is 298 g/mol. The molecule has 4 unspecified atom stereocenters. The Balaban J connectivity index is 1.72. The molecule has 4 heteroatoms. The van der Waals surface area contributed by atoms with Crippen LogP contribution < -0.4 is 5.32 Å². The van der Waals surface area contributed by atoms with E-state index in [4.69, 9.17) is 4.74 Å². The zero-order valence-corrected chi connectivity index (χ0v) is 14.5. The zero-order chi connectivity index (χ0) is 14.7. The van der Waals surface area contributed by atoms with Crippen LogP contribution in [0.2, 0.25) is 0 Å². The zero-order valence-electron chi connectivity index (χ0n) is 12.9. The molecule has 2 heterocycles. The minimum atomic E-state index is 0.257. The monoisotopic (exact) mass is 323 g/mol. The lowest BCUT2D eigenvalue weighted by Crippen LogP contribution is -2.44. The highest BCUT2D eigenvalue weighted by molar-refractivity contribution is 8.07. The predicted octanol–water partition coefficient (Wildman–Crippen LogP) is 3.52. The Bertz CT molecular complexity index is 468. The van der Waals surface area contributed by atoms with Gasteiger partial charge in [0.2, 0.25) is 0 Å². The van der Waals surface area contributed by atoms with Crippen LogP contribution in [0.1, 0.15) is 30.6 Å². The Morgan fingerprint density at radius 3 is 2.90 bits per heavy atom. The molecule has 0 bridgehead atoms. The van der Waals surface area contributed by atoms with Crippen LogP contribution in [0.5, 0.6) is 0 Å². The van der Waals surface area contributed by atoms with Gasteiger partial charge in [-0.3, -0.25) is 0 Å². The summed E-state index contributed by atoms with van der Waals surface area (Å²) in [7, 11) is 2.10. The van der Waals surface area contributed by atoms with Crippen LogP contribution in [0.25, 0.3) is 0 Å². The van der Waals surface area contributed by atoms with Gasteiger partial charge < -0.3 is 10.1 Å². The summed E-state index contributed by atoms with van der Waals surface area (Å²) in [5.74, 6) is 2.57. The summed E-state index contributed by atoms with van der Waals surface area (Å²) in [5, 5.41) is 4.97. The standard InChI is InChI=1S/C17H25NOS2/c1-12-17(21-10-9-20-12)15(18-2)11-16-14-6-4-3-5-13(14)7-8-19-16/h3-6,12,15-18H,7-11H2,1-2H3. The van der Waals surface area contributed by atoms with Gasteiger partial charge in [-0.25, -0.2) is 0 Å². The number of benzene rings is 1. The fraction of sp³-hybridized carbons (Fsp3) is 0.647. The maximum Gasteiger partial charge on any atom is 0.0843 e. The number of nitrogens with one attached hydrogen (secondary N) is 1. The molecule has 2 aliphatic heterocycles. The highest BCUT2D eigenvalue weighted by atomic mass is 32.2. The maximum atomic E-state index is 6.11. The molecule has 1 aromatic carbocycles. The van der Waals surface area contributed by atoms with E-state index >= 15 is 0 Å². The van der Waals surface area contributed by atoms with E-state index in [0.717, 1.165) is 24.7 Å². The van der Waals surface area contributed by atoms with E-state index in [0.29, 0.717) is 11.3 Å². The van der Waals surface area contributed by atoms with Crippen LogP contribution >= 0.6 is 23.5 Å². The van der Waals surface area contributed by atoms with Gasteiger partial charge in [-0.1, -0.05) is 31.2 Å². The summed E-state index contributed by atoms with van der Waals surface area (Å²) in [6.45, 7) is 3.24. The molecule has 0 aromatic heterocycles. The first-order valence-electron chi connectivity index (χ1n) is 7.89. The van der Waals surface area contributed by atoms with Crippen molar-refractivity contribution < 1.29 is 4.74 Å². The van der Waals surface area contributed by atoms with Gasteiger partial charge in [-0.2, -0.15) is 23.5 Å². The van der Waals surface area contributed by atoms with E-state index in [-0.39, 0.29) is 6.10 Å². The molecular formula is C17H25NOS2. The second-order valence-electron chi connectivity index (χ2n) is 5.85. The van der Waals surface area contributed by atoms with Crippen LogP contribution in [0.15, 0.2) is 24.3 Å². The first kappa shape index (κ1) is 15.7. The number of hydrogen-bond donors (Lipinski definition) is 1. The first-order valence-corrected chi connectivity index (χ1v) is 9.99. The van der Waals surface area contributed by atoms with Crippen LogP contribution in [0.4, 0.5) is 0 Å². The van der Waals surface area contributed by atoms with E-state index in [2.05, 4.69) is 67.1 Å². The molecule has 0 saturated carbocycles. The topological polar surface area (TPSA) is 21.3 Å². The molecule has 2 aliphatic rings. The van der Waals surface area contributed by atoms with Gasteiger partial charge in [-0.15, -0.1) is 0 Å². The van der Waals surface area contributed by atoms with Crippen molar-refractivity contribution in [2.24, 2.45) is 0 Å². The Kier molecular flexibility index (Phi) is 5.54. The summed E-state index contributed by atoms with van der Waals surface area (Å²) in [4.78, 5) is 0. The van der Waals surface area contributed by atoms with Gasteiger partial charge in [-0.05, 0) is 31.0 Å². The van der Waals surface area contributed by atoms with E-state index in [1.54, 1.807) is 0 Å². The first-order chi connectivity index (χ1) is 10.3. The van der Waals surface area contributed by atoms with E-state index in [9.17, 15) is 0 Å². The Morgan fingerprint density at radius 1 is 1.29 bits per heavy atom. The summed E-state index contributed by atoms with van der Waals surface area (Å²) >= 11 is 4.25. The van der Waals surface area contributed by atoms with Crippen LogP contribution in [-0.2, 0) is 11.2 Å². The minimum absolute atomic E-state index is 0.257. The van der Waals surface area contributed by atoms with Crippen molar-refractivity contribution in [3.63, 3.8) is 0 Å². The highest BCUT2D eigenvalue weighted by Gasteiger charge is 2.33. The largest absolute Gasteiger partial charge is 0.373 e. The molecule has 0 aliphatic carbocycles. The van der Waals surface area contributed by atoms with Crippen molar-refractivity contribution >= 4 is 23.5 Å². The fourth-order valence-electron chi connectivity index (χ4n) is 3.41. The molecule has 21 heavy (non-hydrogen) atoms. The van der Waals surface area contributed by atoms with Crippen molar-refractivity contribution in [3.05, 3.63) is 35.4 Å². The van der Waals surface area contributed by atoms with Gasteiger partial charge in [0.05, 0.1) is 12.7 Å². The number of ether oxygens (including phenoxy) is 1. The molecule has 1 N–H and O–H groups in total. The second kappa shape index (κ2) is 7.40. The predicted molar refractivity (Wildman–Crippen MR) is 94.5 cm³/mol. The molecule has 116 valence electrons. The average Bonchev–Trinajstić information content (AvgIpc) is 2.53. The summed E-state index contributed by atoms with van der Waals surface area (Å²) in [6, 6.07) is 9.31. The molecule has 2 nitrogen and oxygen atoms in total. The molecule has 0 radical (unpaired) electrons.